The van der Waals surface area contributed by atoms with Gasteiger partial charge in [0.1, 0.15) is 29.3 Å². The molecule has 1 aliphatic heterocycles. The molecule has 42 heavy (non-hydrogen) atoms. The molecule has 2 aromatic heterocycles. The van der Waals surface area contributed by atoms with Gasteiger partial charge in [0, 0.05) is 37.8 Å². The van der Waals surface area contributed by atoms with Crippen LogP contribution in [0.2, 0.25) is 0 Å². The highest BCUT2D eigenvalue weighted by Gasteiger charge is 2.31. The molecule has 4 N–H and O–H groups in total. The molecule has 12 nitrogen and oxygen atoms in total. The number of benzene rings is 2. The van der Waals surface area contributed by atoms with Crippen molar-refractivity contribution in [3.8, 4) is 17.0 Å². The van der Waals surface area contributed by atoms with Crippen LogP contribution in [0.5, 0.6) is 5.75 Å². The maximum Gasteiger partial charge on any atom is 0.303 e. The summed E-state index contributed by atoms with van der Waals surface area (Å²) in [5.41, 5.74) is 9.09. The summed E-state index contributed by atoms with van der Waals surface area (Å²) in [5, 5.41) is 11.4. The van der Waals surface area contributed by atoms with E-state index in [0.717, 1.165) is 56.2 Å². The molecule has 0 amide bonds. The van der Waals surface area contributed by atoms with E-state index >= 15 is 0 Å². The zero-order valence-electron chi connectivity index (χ0n) is 23.9. The number of rotatable bonds is 7. The van der Waals surface area contributed by atoms with E-state index in [4.69, 9.17) is 20.7 Å². The number of piperazine rings is 1. The van der Waals surface area contributed by atoms with Crippen LogP contribution in [0.15, 0.2) is 54.9 Å². The Bertz CT molecular complexity index is 1660. The third-order valence-corrected chi connectivity index (χ3v) is 9.42. The summed E-state index contributed by atoms with van der Waals surface area (Å²) in [7, 11) is -0.487. The number of methoxy groups -OCH3 is 1. The molecule has 2 fully saturated rings. The Morgan fingerprint density at radius 1 is 0.952 bits per heavy atom. The zero-order chi connectivity index (χ0) is 29.4. The lowest BCUT2D eigenvalue weighted by Gasteiger charge is -2.41. The van der Waals surface area contributed by atoms with Crippen LogP contribution in [0, 0.1) is 0 Å². The van der Waals surface area contributed by atoms with Gasteiger partial charge in [-0.1, -0.05) is 24.3 Å². The Morgan fingerprint density at radius 2 is 1.64 bits per heavy atom. The van der Waals surface area contributed by atoms with Gasteiger partial charge in [0.25, 0.3) is 0 Å². The minimum atomic E-state index is -4.16. The molecule has 3 heterocycles. The standard InChI is InChI=1S/C29H37N9O3S/c1-35-14-16-36(17-15-35)21-9-11-22(12-10-21)37-29-26(28(30)32-19-33-29)27(34-37)20-8-13-24(25(18-20)41-2)38(42(31,39)40)23-6-4-3-5-7-23/h3-8,13,18-19,21-22H,9-12,14-17H2,1-2H3,(H2,30,32,33)(H2,31,39,40). The van der Waals surface area contributed by atoms with Crippen LogP contribution in [0.3, 0.4) is 0 Å². The Hall–Kier alpha value is -3.78. The van der Waals surface area contributed by atoms with Gasteiger partial charge in [0.15, 0.2) is 5.65 Å². The van der Waals surface area contributed by atoms with E-state index in [-0.39, 0.29) is 11.7 Å². The lowest BCUT2D eigenvalue weighted by atomic mass is 9.90. The molecule has 1 aliphatic carbocycles. The van der Waals surface area contributed by atoms with Crippen molar-refractivity contribution in [2.24, 2.45) is 5.14 Å². The number of nitrogens with two attached hydrogens (primary N) is 2. The summed E-state index contributed by atoms with van der Waals surface area (Å²) in [6.45, 7) is 4.47. The number of hydrogen-bond acceptors (Lipinski definition) is 9. The molecule has 2 aromatic carbocycles. The molecule has 4 aromatic rings. The summed E-state index contributed by atoms with van der Waals surface area (Å²) in [4.78, 5) is 13.9. The highest BCUT2D eigenvalue weighted by Crippen LogP contribution is 2.41. The number of likely N-dealkylation sites (N-methyl/N-ethyl adjacent to an activating group) is 1. The maximum atomic E-state index is 12.7. The van der Waals surface area contributed by atoms with Gasteiger partial charge in [0.05, 0.1) is 24.2 Å². The third kappa shape index (κ3) is 5.40. The van der Waals surface area contributed by atoms with Crippen LogP contribution in [0.1, 0.15) is 31.7 Å². The van der Waals surface area contributed by atoms with Gasteiger partial charge >= 0.3 is 10.2 Å². The summed E-state index contributed by atoms with van der Waals surface area (Å²) < 4.78 is 34.1. The number of ether oxygens (including phenoxy) is 1. The van der Waals surface area contributed by atoms with E-state index in [1.165, 1.54) is 13.4 Å². The van der Waals surface area contributed by atoms with Crippen LogP contribution in [-0.4, -0.2) is 84.3 Å². The molecular formula is C29H37N9O3S. The Kier molecular flexibility index (Phi) is 7.75. The van der Waals surface area contributed by atoms with E-state index < -0.39 is 10.2 Å². The minimum absolute atomic E-state index is 0.191. The second-order valence-corrected chi connectivity index (χ2v) is 12.5. The fourth-order valence-electron chi connectivity index (χ4n) is 6.29. The highest BCUT2D eigenvalue weighted by atomic mass is 32.2. The van der Waals surface area contributed by atoms with E-state index in [1.54, 1.807) is 48.5 Å². The molecule has 13 heteroatoms. The van der Waals surface area contributed by atoms with Crippen molar-refractivity contribution in [3.63, 3.8) is 0 Å². The fraction of sp³-hybridized carbons (Fsp3) is 0.414. The van der Waals surface area contributed by atoms with Gasteiger partial charge in [-0.3, -0.25) is 4.90 Å². The molecule has 0 unspecified atom stereocenters. The van der Waals surface area contributed by atoms with Gasteiger partial charge < -0.3 is 15.4 Å². The van der Waals surface area contributed by atoms with E-state index in [1.807, 2.05) is 4.68 Å². The number of aromatic nitrogens is 4. The van der Waals surface area contributed by atoms with Crippen LogP contribution >= 0.6 is 0 Å². The van der Waals surface area contributed by atoms with E-state index in [2.05, 4.69) is 26.8 Å². The lowest BCUT2D eigenvalue weighted by molar-refractivity contribution is 0.0815. The average Bonchev–Trinajstić information content (AvgIpc) is 3.39. The van der Waals surface area contributed by atoms with Crippen molar-refractivity contribution in [3.05, 3.63) is 54.9 Å². The van der Waals surface area contributed by atoms with Crippen molar-refractivity contribution >= 4 is 38.4 Å². The molecule has 6 rings (SSSR count). The van der Waals surface area contributed by atoms with Crippen molar-refractivity contribution in [1.82, 2.24) is 29.5 Å². The van der Waals surface area contributed by atoms with Crippen molar-refractivity contribution < 1.29 is 13.2 Å². The van der Waals surface area contributed by atoms with Gasteiger partial charge in [-0.2, -0.15) is 13.5 Å². The number of nitrogens with zero attached hydrogens (tertiary/aromatic N) is 7. The normalized spacial score (nSPS) is 20.5. The maximum absolute atomic E-state index is 12.7. The minimum Gasteiger partial charge on any atom is -0.495 e. The average molecular weight is 592 g/mol. The predicted molar refractivity (Wildman–Crippen MR) is 164 cm³/mol. The summed E-state index contributed by atoms with van der Waals surface area (Å²) in [6, 6.07) is 14.6. The van der Waals surface area contributed by atoms with Gasteiger partial charge in [0.2, 0.25) is 0 Å². The highest BCUT2D eigenvalue weighted by molar-refractivity contribution is 7.90. The smallest absolute Gasteiger partial charge is 0.303 e. The van der Waals surface area contributed by atoms with Crippen LogP contribution in [0.4, 0.5) is 17.2 Å². The first-order chi connectivity index (χ1) is 20.2. The molecule has 1 saturated heterocycles. The van der Waals surface area contributed by atoms with Gasteiger partial charge in [-0.25, -0.2) is 24.1 Å². The SMILES string of the molecule is COc1cc(-c2nn(C3CCC(N4CCN(C)CC4)CC3)c3ncnc(N)c23)ccc1N(c1ccccc1)S(N)(=O)=O. The number of nitrogen functional groups attached to an aromatic ring is 1. The van der Waals surface area contributed by atoms with Crippen molar-refractivity contribution in [2.45, 2.75) is 37.8 Å². The second-order valence-electron chi connectivity index (χ2n) is 11.1. The second kappa shape index (κ2) is 11.5. The molecule has 222 valence electrons. The zero-order valence-corrected chi connectivity index (χ0v) is 24.7. The summed E-state index contributed by atoms with van der Waals surface area (Å²) in [6.07, 6.45) is 5.69. The third-order valence-electron chi connectivity index (χ3n) is 8.50. The fourth-order valence-corrected chi connectivity index (χ4v) is 7.13. The monoisotopic (exact) mass is 591 g/mol. The van der Waals surface area contributed by atoms with Gasteiger partial charge in [-0.05, 0) is 57.0 Å². The van der Waals surface area contributed by atoms with E-state index in [0.29, 0.717) is 45.6 Å². The van der Waals surface area contributed by atoms with Gasteiger partial charge in [-0.15, -0.1) is 0 Å². The number of fused-ring (bicyclic) bond motifs is 1. The Morgan fingerprint density at radius 3 is 2.31 bits per heavy atom. The molecule has 0 bridgehead atoms. The van der Waals surface area contributed by atoms with E-state index in [9.17, 15) is 8.42 Å². The molecule has 0 atom stereocenters. The van der Waals surface area contributed by atoms with Crippen LogP contribution in [0.25, 0.3) is 22.3 Å². The quantitative estimate of drug-likeness (QED) is 0.331. The van der Waals surface area contributed by atoms with Crippen LogP contribution in [-0.2, 0) is 10.2 Å². The largest absolute Gasteiger partial charge is 0.495 e. The molecular weight excluding hydrogens is 554 g/mol. The van der Waals surface area contributed by atoms with Crippen molar-refractivity contribution in [1.29, 1.82) is 0 Å². The molecule has 0 spiro atoms. The Labute approximate surface area is 246 Å². The summed E-state index contributed by atoms with van der Waals surface area (Å²) >= 11 is 0. The first-order valence-corrected chi connectivity index (χ1v) is 15.7. The first-order valence-electron chi connectivity index (χ1n) is 14.2. The lowest BCUT2D eigenvalue weighted by Crippen LogP contribution is -2.49. The van der Waals surface area contributed by atoms with Crippen molar-refractivity contribution in [2.75, 3.05) is 50.4 Å². The molecule has 0 radical (unpaired) electrons. The summed E-state index contributed by atoms with van der Waals surface area (Å²) in [5.74, 6) is 0.655. The molecule has 1 saturated carbocycles. The first kappa shape index (κ1) is 28.3. The number of para-hydroxylation sites is 1. The van der Waals surface area contributed by atoms with Crippen LogP contribution < -0.4 is 19.9 Å². The topological polar surface area (TPSA) is 149 Å². The molecule has 2 aliphatic rings. The predicted octanol–water partition coefficient (Wildman–Crippen LogP) is 3.16. The number of anilines is 3. The Balaban J connectivity index is 1.34. The number of hydrogen-bond donors (Lipinski definition) is 2.